The fourth-order valence-electron chi connectivity index (χ4n) is 3.03. The molecule has 0 spiro atoms. The number of nitrogens with zero attached hydrogens (tertiary/aromatic N) is 2. The quantitative estimate of drug-likeness (QED) is 0.760. The molecule has 0 saturated carbocycles. The molecule has 2 aromatic rings. The predicted octanol–water partition coefficient (Wildman–Crippen LogP) is 4.77. The van der Waals surface area contributed by atoms with Gasteiger partial charge in [-0.15, -0.1) is 0 Å². The highest BCUT2D eigenvalue weighted by Crippen LogP contribution is 2.25. The average molecular weight is 313 g/mol. The van der Waals surface area contributed by atoms with Crippen molar-refractivity contribution in [1.29, 1.82) is 0 Å². The third kappa shape index (κ3) is 4.68. The van der Waals surface area contributed by atoms with Gasteiger partial charge in [-0.3, -0.25) is 4.98 Å². The molecule has 23 heavy (non-hydrogen) atoms. The summed E-state index contributed by atoms with van der Waals surface area (Å²) in [7, 11) is 0. The SMILES string of the molecule is CCN(CC)CCC[C@@H](C)Nc1ccnc2cc(C)c(C)cc12. The molecular formula is C20H31N3. The Morgan fingerprint density at radius 3 is 2.52 bits per heavy atom. The Balaban J connectivity index is 2.02. The van der Waals surface area contributed by atoms with Gasteiger partial charge in [-0.25, -0.2) is 0 Å². The number of hydrogen-bond donors (Lipinski definition) is 1. The van der Waals surface area contributed by atoms with Crippen molar-refractivity contribution in [1.82, 2.24) is 9.88 Å². The maximum absolute atomic E-state index is 4.51. The van der Waals surface area contributed by atoms with E-state index < -0.39 is 0 Å². The number of rotatable bonds is 8. The molecule has 1 aromatic carbocycles. The van der Waals surface area contributed by atoms with Crippen molar-refractivity contribution in [2.24, 2.45) is 0 Å². The van der Waals surface area contributed by atoms with E-state index in [-0.39, 0.29) is 0 Å². The first-order valence-electron chi connectivity index (χ1n) is 8.90. The van der Waals surface area contributed by atoms with E-state index in [4.69, 9.17) is 0 Å². The molecule has 0 aliphatic carbocycles. The van der Waals surface area contributed by atoms with Gasteiger partial charge in [0, 0.05) is 23.3 Å². The van der Waals surface area contributed by atoms with Crippen molar-refractivity contribution < 1.29 is 0 Å². The first-order valence-corrected chi connectivity index (χ1v) is 8.90. The van der Waals surface area contributed by atoms with Crippen LogP contribution in [-0.2, 0) is 0 Å². The molecule has 3 nitrogen and oxygen atoms in total. The van der Waals surface area contributed by atoms with E-state index in [1.807, 2.05) is 6.20 Å². The molecule has 0 fully saturated rings. The Labute approximate surface area is 141 Å². The minimum atomic E-state index is 0.470. The Morgan fingerprint density at radius 2 is 1.83 bits per heavy atom. The van der Waals surface area contributed by atoms with Gasteiger partial charge in [0.25, 0.3) is 0 Å². The molecule has 3 heteroatoms. The molecule has 1 atom stereocenters. The number of pyridine rings is 1. The normalized spacial score (nSPS) is 12.8. The number of anilines is 1. The highest BCUT2D eigenvalue weighted by atomic mass is 15.1. The number of hydrogen-bond acceptors (Lipinski definition) is 3. The second-order valence-electron chi connectivity index (χ2n) is 6.53. The van der Waals surface area contributed by atoms with Crippen LogP contribution in [0.2, 0.25) is 0 Å². The summed E-state index contributed by atoms with van der Waals surface area (Å²) in [6.07, 6.45) is 4.32. The van der Waals surface area contributed by atoms with Crippen molar-refractivity contribution in [2.45, 2.75) is 53.5 Å². The molecule has 1 N–H and O–H groups in total. The zero-order chi connectivity index (χ0) is 16.8. The van der Waals surface area contributed by atoms with Gasteiger partial charge in [-0.1, -0.05) is 13.8 Å². The van der Waals surface area contributed by atoms with Crippen molar-refractivity contribution in [2.75, 3.05) is 25.0 Å². The maximum atomic E-state index is 4.51. The minimum Gasteiger partial charge on any atom is -0.382 e. The molecule has 0 saturated heterocycles. The molecule has 0 aliphatic heterocycles. The summed E-state index contributed by atoms with van der Waals surface area (Å²) in [4.78, 5) is 7.00. The van der Waals surface area contributed by atoms with E-state index in [1.165, 1.54) is 41.6 Å². The Kier molecular flexibility index (Phi) is 6.40. The van der Waals surface area contributed by atoms with Gasteiger partial charge in [0.05, 0.1) is 5.52 Å². The molecule has 0 aliphatic rings. The zero-order valence-electron chi connectivity index (χ0n) is 15.3. The minimum absolute atomic E-state index is 0.470. The molecule has 0 bridgehead atoms. The highest BCUT2D eigenvalue weighted by molar-refractivity contribution is 5.92. The fraction of sp³-hybridized carbons (Fsp3) is 0.550. The lowest BCUT2D eigenvalue weighted by Crippen LogP contribution is -2.25. The van der Waals surface area contributed by atoms with Gasteiger partial charge < -0.3 is 10.2 Å². The summed E-state index contributed by atoms with van der Waals surface area (Å²) in [5, 5.41) is 4.91. The lowest BCUT2D eigenvalue weighted by atomic mass is 10.0. The van der Waals surface area contributed by atoms with Crippen molar-refractivity contribution >= 4 is 16.6 Å². The lowest BCUT2D eigenvalue weighted by Gasteiger charge is -2.21. The van der Waals surface area contributed by atoms with Gasteiger partial charge in [0.1, 0.15) is 0 Å². The van der Waals surface area contributed by atoms with Crippen LogP contribution in [0.5, 0.6) is 0 Å². The van der Waals surface area contributed by atoms with Gasteiger partial charge in [0.2, 0.25) is 0 Å². The molecule has 2 rings (SSSR count). The van der Waals surface area contributed by atoms with Crippen molar-refractivity contribution in [3.05, 3.63) is 35.5 Å². The molecule has 0 unspecified atom stereocenters. The van der Waals surface area contributed by atoms with Crippen molar-refractivity contribution in [3.8, 4) is 0 Å². The summed E-state index contributed by atoms with van der Waals surface area (Å²) in [5.41, 5.74) is 4.90. The average Bonchev–Trinajstić information content (AvgIpc) is 2.53. The maximum Gasteiger partial charge on any atom is 0.0725 e. The van der Waals surface area contributed by atoms with Crippen LogP contribution in [0, 0.1) is 13.8 Å². The van der Waals surface area contributed by atoms with E-state index >= 15 is 0 Å². The highest BCUT2D eigenvalue weighted by Gasteiger charge is 2.08. The van der Waals surface area contributed by atoms with Gasteiger partial charge >= 0.3 is 0 Å². The van der Waals surface area contributed by atoms with Crippen LogP contribution in [0.3, 0.4) is 0 Å². The second kappa shape index (κ2) is 8.30. The topological polar surface area (TPSA) is 28.2 Å². The first kappa shape index (κ1) is 17.7. The van der Waals surface area contributed by atoms with Crippen LogP contribution in [0.1, 0.15) is 44.7 Å². The number of fused-ring (bicyclic) bond motifs is 1. The Morgan fingerprint density at radius 1 is 1.13 bits per heavy atom. The van der Waals surface area contributed by atoms with Gasteiger partial charge in [-0.2, -0.15) is 0 Å². The standard InChI is InChI=1S/C20H31N3/c1-6-23(7-2)12-8-9-17(5)22-19-10-11-21-20-14-16(4)15(3)13-18(19)20/h10-11,13-14,17H,6-9,12H2,1-5H3,(H,21,22)/t17-/m1/s1. The molecule has 1 aromatic heterocycles. The third-order valence-electron chi connectivity index (χ3n) is 4.76. The van der Waals surface area contributed by atoms with Crippen LogP contribution < -0.4 is 5.32 Å². The summed E-state index contributed by atoms with van der Waals surface area (Å²) in [5.74, 6) is 0. The Hall–Kier alpha value is -1.61. The Bertz CT molecular complexity index is 632. The fourth-order valence-corrected chi connectivity index (χ4v) is 3.03. The third-order valence-corrected chi connectivity index (χ3v) is 4.76. The van der Waals surface area contributed by atoms with E-state index in [0.29, 0.717) is 6.04 Å². The summed E-state index contributed by atoms with van der Waals surface area (Å²) in [6, 6.07) is 7.00. The van der Waals surface area contributed by atoms with Gasteiger partial charge in [0.15, 0.2) is 0 Å². The zero-order valence-corrected chi connectivity index (χ0v) is 15.3. The van der Waals surface area contributed by atoms with E-state index in [2.05, 4.69) is 68.0 Å². The largest absolute Gasteiger partial charge is 0.382 e. The number of nitrogens with one attached hydrogen (secondary N) is 1. The summed E-state index contributed by atoms with van der Waals surface area (Å²) in [6.45, 7) is 14.5. The van der Waals surface area contributed by atoms with Crippen LogP contribution in [0.15, 0.2) is 24.4 Å². The second-order valence-corrected chi connectivity index (χ2v) is 6.53. The predicted molar refractivity (Wildman–Crippen MR) is 101 cm³/mol. The monoisotopic (exact) mass is 313 g/mol. The summed E-state index contributed by atoms with van der Waals surface area (Å²) < 4.78 is 0. The lowest BCUT2D eigenvalue weighted by molar-refractivity contribution is 0.295. The summed E-state index contributed by atoms with van der Waals surface area (Å²) >= 11 is 0. The van der Waals surface area contributed by atoms with Crippen LogP contribution in [0.4, 0.5) is 5.69 Å². The molecule has 126 valence electrons. The van der Waals surface area contributed by atoms with Crippen molar-refractivity contribution in [3.63, 3.8) is 0 Å². The number of aromatic nitrogens is 1. The molecule has 1 heterocycles. The smallest absolute Gasteiger partial charge is 0.0725 e. The number of aryl methyl sites for hydroxylation is 2. The van der Waals surface area contributed by atoms with Gasteiger partial charge in [-0.05, 0) is 82.6 Å². The van der Waals surface area contributed by atoms with Crippen LogP contribution in [0.25, 0.3) is 10.9 Å². The molecule has 0 amide bonds. The first-order chi connectivity index (χ1) is 11.0. The molecular weight excluding hydrogens is 282 g/mol. The number of benzene rings is 1. The van der Waals surface area contributed by atoms with Crippen LogP contribution >= 0.6 is 0 Å². The van der Waals surface area contributed by atoms with E-state index in [0.717, 1.165) is 18.6 Å². The van der Waals surface area contributed by atoms with E-state index in [1.54, 1.807) is 0 Å². The van der Waals surface area contributed by atoms with E-state index in [9.17, 15) is 0 Å². The van der Waals surface area contributed by atoms with Crippen LogP contribution in [-0.4, -0.2) is 35.6 Å². The molecule has 0 radical (unpaired) electrons.